The summed E-state index contributed by atoms with van der Waals surface area (Å²) < 4.78 is 10.8. The zero-order chi connectivity index (χ0) is 13.7. The molecule has 1 heterocycles. The molecule has 2 rings (SSSR count). The van der Waals surface area contributed by atoms with E-state index in [9.17, 15) is 4.79 Å². The van der Waals surface area contributed by atoms with E-state index in [0.717, 1.165) is 5.75 Å². The summed E-state index contributed by atoms with van der Waals surface area (Å²) in [6.07, 6.45) is 0. The number of nitrogens with one attached hydrogen (secondary N) is 1. The zero-order valence-electron chi connectivity index (χ0n) is 10.4. The quantitative estimate of drug-likeness (QED) is 0.832. The lowest BCUT2D eigenvalue weighted by molar-refractivity contribution is 0.0690. The average molecular weight is 262 g/mol. The van der Waals surface area contributed by atoms with Gasteiger partial charge in [-0.15, -0.1) is 0 Å². The topological polar surface area (TPSA) is 84.4 Å². The second kappa shape index (κ2) is 5.90. The first-order chi connectivity index (χ1) is 9.19. The molecule has 0 fully saturated rings. The van der Waals surface area contributed by atoms with Gasteiger partial charge in [0.15, 0.2) is 5.69 Å². The van der Waals surface area contributed by atoms with Crippen molar-refractivity contribution in [1.29, 1.82) is 0 Å². The van der Waals surface area contributed by atoms with Gasteiger partial charge < -0.3 is 14.6 Å². The van der Waals surface area contributed by atoms with Gasteiger partial charge in [-0.3, -0.25) is 5.10 Å². The molecule has 6 heteroatoms. The van der Waals surface area contributed by atoms with E-state index in [0.29, 0.717) is 18.1 Å². The van der Waals surface area contributed by atoms with Crippen molar-refractivity contribution in [2.45, 2.75) is 13.5 Å². The number of nitrogens with zero attached hydrogens (tertiary/aromatic N) is 1. The van der Waals surface area contributed by atoms with Gasteiger partial charge in [0, 0.05) is 0 Å². The minimum atomic E-state index is -1.07. The molecule has 0 bridgehead atoms. The summed E-state index contributed by atoms with van der Waals surface area (Å²) >= 11 is 0. The molecule has 0 spiro atoms. The van der Waals surface area contributed by atoms with Gasteiger partial charge in [-0.25, -0.2) is 4.79 Å². The second-order valence-corrected chi connectivity index (χ2v) is 3.78. The summed E-state index contributed by atoms with van der Waals surface area (Å²) in [5.74, 6) is 0.392. The molecule has 6 nitrogen and oxygen atoms in total. The molecule has 0 radical (unpaired) electrons. The fraction of sp³-hybridized carbons (Fsp3) is 0.231. The lowest BCUT2D eigenvalue weighted by Gasteiger charge is -2.06. The van der Waals surface area contributed by atoms with Crippen LogP contribution in [0.15, 0.2) is 30.3 Å². The predicted octanol–water partition coefficient (Wildman–Crippen LogP) is 2.09. The normalized spacial score (nSPS) is 10.2. The fourth-order valence-electron chi connectivity index (χ4n) is 1.50. The van der Waals surface area contributed by atoms with E-state index in [2.05, 4.69) is 10.2 Å². The molecule has 0 aliphatic heterocycles. The SMILES string of the molecule is CCOc1ccc(OCc2cc(C(=O)O)n[nH]2)cc1. The Hall–Kier alpha value is -2.50. The third kappa shape index (κ3) is 3.48. The first-order valence-electron chi connectivity index (χ1n) is 5.82. The third-order valence-corrected chi connectivity index (χ3v) is 2.38. The molecule has 0 aliphatic carbocycles. The van der Waals surface area contributed by atoms with Crippen LogP contribution in [0.5, 0.6) is 11.5 Å². The van der Waals surface area contributed by atoms with Crippen LogP contribution in [0.2, 0.25) is 0 Å². The van der Waals surface area contributed by atoms with Gasteiger partial charge in [-0.05, 0) is 37.3 Å². The van der Waals surface area contributed by atoms with Crippen LogP contribution < -0.4 is 9.47 Å². The van der Waals surface area contributed by atoms with E-state index in [4.69, 9.17) is 14.6 Å². The van der Waals surface area contributed by atoms with Crippen LogP contribution in [-0.2, 0) is 6.61 Å². The molecule has 0 aliphatic rings. The van der Waals surface area contributed by atoms with Gasteiger partial charge in [0.2, 0.25) is 0 Å². The number of carboxylic acids is 1. The van der Waals surface area contributed by atoms with Gasteiger partial charge in [0.1, 0.15) is 18.1 Å². The molecule has 0 saturated heterocycles. The molecule has 1 aromatic carbocycles. The Morgan fingerprint density at radius 3 is 2.42 bits per heavy atom. The molecule has 19 heavy (non-hydrogen) atoms. The van der Waals surface area contributed by atoms with E-state index in [1.165, 1.54) is 6.07 Å². The Balaban J connectivity index is 1.92. The van der Waals surface area contributed by atoms with Crippen LogP contribution >= 0.6 is 0 Å². The fourth-order valence-corrected chi connectivity index (χ4v) is 1.50. The van der Waals surface area contributed by atoms with Crippen LogP contribution in [-0.4, -0.2) is 27.9 Å². The molecular formula is C13H14N2O4. The number of benzene rings is 1. The summed E-state index contributed by atoms with van der Waals surface area (Å²) in [4.78, 5) is 10.7. The summed E-state index contributed by atoms with van der Waals surface area (Å²) in [5, 5.41) is 15.0. The van der Waals surface area contributed by atoms with Crippen molar-refractivity contribution < 1.29 is 19.4 Å². The van der Waals surface area contributed by atoms with Crippen molar-refractivity contribution in [3.8, 4) is 11.5 Å². The summed E-state index contributed by atoms with van der Waals surface area (Å²) in [5.41, 5.74) is 0.580. The highest BCUT2D eigenvalue weighted by molar-refractivity contribution is 5.85. The number of rotatable bonds is 6. The van der Waals surface area contributed by atoms with Crippen molar-refractivity contribution in [1.82, 2.24) is 10.2 Å². The number of aromatic amines is 1. The number of aromatic nitrogens is 2. The van der Waals surface area contributed by atoms with Gasteiger partial charge in [0.25, 0.3) is 0 Å². The van der Waals surface area contributed by atoms with Crippen LogP contribution in [0, 0.1) is 0 Å². The van der Waals surface area contributed by atoms with E-state index in [1.807, 2.05) is 19.1 Å². The van der Waals surface area contributed by atoms with E-state index < -0.39 is 5.97 Å². The number of hydrogen-bond acceptors (Lipinski definition) is 4. The van der Waals surface area contributed by atoms with Crippen LogP contribution in [0.25, 0.3) is 0 Å². The van der Waals surface area contributed by atoms with Gasteiger partial charge in [-0.1, -0.05) is 0 Å². The van der Waals surface area contributed by atoms with Crippen LogP contribution in [0.3, 0.4) is 0 Å². The maximum absolute atomic E-state index is 10.7. The van der Waals surface area contributed by atoms with E-state index >= 15 is 0 Å². The Kier molecular flexibility index (Phi) is 4.02. The monoisotopic (exact) mass is 262 g/mol. The minimum absolute atomic E-state index is 0.0229. The molecule has 100 valence electrons. The van der Waals surface area contributed by atoms with Gasteiger partial charge in [0.05, 0.1) is 12.3 Å². The second-order valence-electron chi connectivity index (χ2n) is 3.78. The van der Waals surface area contributed by atoms with Gasteiger partial charge >= 0.3 is 5.97 Å². The molecule has 2 N–H and O–H groups in total. The molecule has 2 aromatic rings. The highest BCUT2D eigenvalue weighted by Gasteiger charge is 2.08. The summed E-state index contributed by atoms with van der Waals surface area (Å²) in [6, 6.07) is 8.65. The first kappa shape index (κ1) is 12.9. The largest absolute Gasteiger partial charge is 0.494 e. The van der Waals surface area contributed by atoms with E-state index in [-0.39, 0.29) is 12.3 Å². The molecule has 0 unspecified atom stereocenters. The number of carboxylic acid groups (broad SMARTS) is 1. The summed E-state index contributed by atoms with van der Waals surface area (Å²) in [6.45, 7) is 2.77. The van der Waals surface area contributed by atoms with Crippen molar-refractivity contribution in [2.24, 2.45) is 0 Å². The van der Waals surface area contributed by atoms with Crippen molar-refractivity contribution in [3.05, 3.63) is 41.7 Å². The van der Waals surface area contributed by atoms with E-state index in [1.54, 1.807) is 12.1 Å². The summed E-state index contributed by atoms with van der Waals surface area (Å²) in [7, 11) is 0. The third-order valence-electron chi connectivity index (χ3n) is 2.38. The first-order valence-corrected chi connectivity index (χ1v) is 5.82. The van der Waals surface area contributed by atoms with Crippen LogP contribution in [0.4, 0.5) is 0 Å². The Morgan fingerprint density at radius 1 is 1.26 bits per heavy atom. The van der Waals surface area contributed by atoms with Gasteiger partial charge in [-0.2, -0.15) is 5.10 Å². The molecule has 1 aromatic heterocycles. The maximum Gasteiger partial charge on any atom is 0.356 e. The molecule has 0 amide bonds. The standard InChI is InChI=1S/C13H14N2O4/c1-2-18-10-3-5-11(6-4-10)19-8-9-7-12(13(16)17)15-14-9/h3-7H,2,8H2,1H3,(H,14,15)(H,16,17). The zero-order valence-corrected chi connectivity index (χ0v) is 10.4. The Bertz CT molecular complexity index is 548. The smallest absolute Gasteiger partial charge is 0.356 e. The average Bonchev–Trinajstić information content (AvgIpc) is 2.87. The predicted molar refractivity (Wildman–Crippen MR) is 67.5 cm³/mol. The van der Waals surface area contributed by atoms with Crippen molar-refractivity contribution in [3.63, 3.8) is 0 Å². The Labute approximate surface area is 110 Å². The van der Waals surface area contributed by atoms with Crippen molar-refractivity contribution >= 4 is 5.97 Å². The Morgan fingerprint density at radius 2 is 1.89 bits per heavy atom. The number of ether oxygens (including phenoxy) is 2. The van der Waals surface area contributed by atoms with Crippen molar-refractivity contribution in [2.75, 3.05) is 6.61 Å². The number of hydrogen-bond donors (Lipinski definition) is 2. The van der Waals surface area contributed by atoms with Crippen LogP contribution in [0.1, 0.15) is 23.1 Å². The maximum atomic E-state index is 10.7. The molecular weight excluding hydrogens is 248 g/mol. The minimum Gasteiger partial charge on any atom is -0.494 e. The molecule has 0 saturated carbocycles. The number of aromatic carboxylic acids is 1. The highest BCUT2D eigenvalue weighted by atomic mass is 16.5. The molecule has 0 atom stereocenters. The lowest BCUT2D eigenvalue weighted by Crippen LogP contribution is -1.96. The highest BCUT2D eigenvalue weighted by Crippen LogP contribution is 2.18. The number of H-pyrrole nitrogens is 1. The number of carbonyl (C=O) groups is 1. The lowest BCUT2D eigenvalue weighted by atomic mass is 10.3.